The van der Waals surface area contributed by atoms with E-state index in [1.807, 2.05) is 0 Å². The summed E-state index contributed by atoms with van der Waals surface area (Å²) in [7, 11) is -0.998. The van der Waals surface area contributed by atoms with Crippen molar-refractivity contribution in [1.82, 2.24) is 4.72 Å². The molecule has 0 saturated heterocycles. The number of carbonyl (C=O) groups is 2. The standard InChI is InChI=1S/C20H23F3N4O4S/c1-12(26-32(30,31)16-8-5-14(6-9-16)24-13(2)28)19(29)25-18-10-7-15(27(3)4)11-17(18)20(21,22)23/h5-12,26H,1-4H3,(H,24,28)(H,25,29)/t12-/m0/s1. The number of alkyl halides is 3. The molecule has 0 fully saturated rings. The highest BCUT2D eigenvalue weighted by atomic mass is 32.2. The molecule has 12 heteroatoms. The Balaban J connectivity index is 2.18. The van der Waals surface area contributed by atoms with Crippen LogP contribution in [0.2, 0.25) is 0 Å². The second kappa shape index (κ2) is 9.57. The highest BCUT2D eigenvalue weighted by molar-refractivity contribution is 7.89. The Bertz CT molecular complexity index is 1100. The molecule has 0 bridgehead atoms. The van der Waals surface area contributed by atoms with E-state index in [1.165, 1.54) is 49.1 Å². The first-order chi connectivity index (χ1) is 14.7. The van der Waals surface area contributed by atoms with Crippen molar-refractivity contribution in [2.75, 3.05) is 29.6 Å². The fraction of sp³-hybridized carbons (Fsp3) is 0.300. The molecule has 8 nitrogen and oxygen atoms in total. The number of sulfonamides is 1. The molecule has 0 spiro atoms. The normalized spacial score (nSPS) is 12.7. The predicted octanol–water partition coefficient (Wildman–Crippen LogP) is 3.04. The van der Waals surface area contributed by atoms with Crippen molar-refractivity contribution >= 4 is 38.9 Å². The lowest BCUT2D eigenvalue weighted by atomic mass is 10.1. The lowest BCUT2D eigenvalue weighted by molar-refractivity contribution is -0.137. The summed E-state index contributed by atoms with van der Waals surface area (Å²) < 4.78 is 67.5. The summed E-state index contributed by atoms with van der Waals surface area (Å²) in [5.74, 6) is -1.30. The van der Waals surface area contributed by atoms with Crippen LogP contribution in [-0.2, 0) is 25.8 Å². The fourth-order valence-corrected chi connectivity index (χ4v) is 3.87. The minimum Gasteiger partial charge on any atom is -0.378 e. The SMILES string of the molecule is CC(=O)Nc1ccc(S(=O)(=O)N[C@@H](C)C(=O)Nc2ccc(N(C)C)cc2C(F)(F)F)cc1. The minimum absolute atomic E-state index is 0.183. The van der Waals surface area contributed by atoms with Crippen molar-refractivity contribution < 1.29 is 31.2 Å². The lowest BCUT2D eigenvalue weighted by Gasteiger charge is -2.20. The van der Waals surface area contributed by atoms with Crippen molar-refractivity contribution in [3.05, 3.63) is 48.0 Å². The maximum absolute atomic E-state index is 13.4. The van der Waals surface area contributed by atoms with E-state index < -0.39 is 39.4 Å². The molecule has 1 atom stereocenters. The number of halogens is 3. The molecule has 2 aromatic carbocycles. The predicted molar refractivity (Wildman–Crippen MR) is 115 cm³/mol. The Kier molecular flexibility index (Phi) is 7.52. The van der Waals surface area contributed by atoms with Crippen molar-refractivity contribution in [3.8, 4) is 0 Å². The zero-order chi connectivity index (χ0) is 24.3. The van der Waals surface area contributed by atoms with Crippen LogP contribution < -0.4 is 20.3 Å². The molecule has 2 amide bonds. The number of benzene rings is 2. The van der Waals surface area contributed by atoms with Crippen molar-refractivity contribution in [2.45, 2.75) is 31.0 Å². The topological polar surface area (TPSA) is 108 Å². The number of anilines is 3. The van der Waals surface area contributed by atoms with Crippen LogP contribution in [0.5, 0.6) is 0 Å². The maximum atomic E-state index is 13.4. The number of rotatable bonds is 7. The van der Waals surface area contributed by atoms with Gasteiger partial charge in [0.1, 0.15) is 0 Å². The molecule has 2 aromatic rings. The summed E-state index contributed by atoms with van der Waals surface area (Å²) in [4.78, 5) is 24.8. The van der Waals surface area contributed by atoms with Gasteiger partial charge < -0.3 is 15.5 Å². The van der Waals surface area contributed by atoms with Crippen LogP contribution in [0.3, 0.4) is 0 Å². The molecular weight excluding hydrogens is 449 g/mol. The van der Waals surface area contributed by atoms with E-state index >= 15 is 0 Å². The van der Waals surface area contributed by atoms with Gasteiger partial charge in [0.05, 0.1) is 22.2 Å². The van der Waals surface area contributed by atoms with Gasteiger partial charge in [-0.3, -0.25) is 9.59 Å². The molecular formula is C20H23F3N4O4S. The van der Waals surface area contributed by atoms with Crippen LogP contribution in [0.15, 0.2) is 47.4 Å². The van der Waals surface area contributed by atoms with Gasteiger partial charge in [-0.05, 0) is 49.4 Å². The molecule has 0 unspecified atom stereocenters. The molecule has 0 radical (unpaired) electrons. The Hall–Kier alpha value is -3.12. The van der Waals surface area contributed by atoms with Gasteiger partial charge in [0.25, 0.3) is 0 Å². The molecule has 0 saturated carbocycles. The summed E-state index contributed by atoms with van der Waals surface area (Å²) >= 11 is 0. The quantitative estimate of drug-likeness (QED) is 0.574. The lowest BCUT2D eigenvalue weighted by Crippen LogP contribution is -2.41. The van der Waals surface area contributed by atoms with Crippen LogP contribution in [0.25, 0.3) is 0 Å². The number of amides is 2. The van der Waals surface area contributed by atoms with E-state index in [1.54, 1.807) is 14.1 Å². The molecule has 3 N–H and O–H groups in total. The van der Waals surface area contributed by atoms with Crippen molar-refractivity contribution in [2.24, 2.45) is 0 Å². The van der Waals surface area contributed by atoms with Crippen LogP contribution in [0.1, 0.15) is 19.4 Å². The Labute approximate surface area is 183 Å². The van der Waals surface area contributed by atoms with E-state index in [9.17, 15) is 31.2 Å². The average Bonchev–Trinajstić information content (AvgIpc) is 2.66. The second-order valence-corrected chi connectivity index (χ2v) is 8.87. The van der Waals surface area contributed by atoms with Gasteiger partial charge in [0.2, 0.25) is 21.8 Å². The summed E-state index contributed by atoms with van der Waals surface area (Å²) in [5, 5.41) is 4.62. The molecule has 0 aliphatic carbocycles. The highest BCUT2D eigenvalue weighted by Crippen LogP contribution is 2.37. The maximum Gasteiger partial charge on any atom is 0.418 e. The van der Waals surface area contributed by atoms with E-state index in [-0.39, 0.29) is 16.5 Å². The van der Waals surface area contributed by atoms with E-state index in [4.69, 9.17) is 0 Å². The van der Waals surface area contributed by atoms with Crippen LogP contribution >= 0.6 is 0 Å². The molecule has 0 aromatic heterocycles. The number of nitrogens with zero attached hydrogens (tertiary/aromatic N) is 1. The first kappa shape index (κ1) is 25.1. The Morgan fingerprint density at radius 1 is 1.00 bits per heavy atom. The van der Waals surface area contributed by atoms with Gasteiger partial charge in [0.15, 0.2) is 0 Å². The number of hydrogen-bond donors (Lipinski definition) is 3. The molecule has 174 valence electrons. The smallest absolute Gasteiger partial charge is 0.378 e. The molecule has 0 heterocycles. The molecule has 32 heavy (non-hydrogen) atoms. The Morgan fingerprint density at radius 2 is 1.59 bits per heavy atom. The zero-order valence-electron chi connectivity index (χ0n) is 17.7. The van der Waals surface area contributed by atoms with Gasteiger partial charge in [-0.15, -0.1) is 0 Å². The third kappa shape index (κ3) is 6.44. The van der Waals surface area contributed by atoms with E-state index in [0.717, 1.165) is 12.1 Å². The fourth-order valence-electron chi connectivity index (χ4n) is 2.67. The van der Waals surface area contributed by atoms with Crippen molar-refractivity contribution in [1.29, 1.82) is 0 Å². The number of hydrogen-bond acceptors (Lipinski definition) is 5. The van der Waals surface area contributed by atoms with Gasteiger partial charge in [-0.25, -0.2) is 8.42 Å². The largest absolute Gasteiger partial charge is 0.418 e. The first-order valence-corrected chi connectivity index (χ1v) is 10.8. The summed E-state index contributed by atoms with van der Waals surface area (Å²) in [5.41, 5.74) is -0.880. The zero-order valence-corrected chi connectivity index (χ0v) is 18.6. The number of carbonyl (C=O) groups excluding carboxylic acids is 2. The highest BCUT2D eigenvalue weighted by Gasteiger charge is 2.35. The van der Waals surface area contributed by atoms with Gasteiger partial charge in [-0.2, -0.15) is 17.9 Å². The second-order valence-electron chi connectivity index (χ2n) is 7.16. The molecule has 0 aliphatic heterocycles. The molecule has 0 aliphatic rings. The van der Waals surface area contributed by atoms with Crippen LogP contribution in [0, 0.1) is 0 Å². The minimum atomic E-state index is -4.73. The summed E-state index contributed by atoms with van der Waals surface area (Å²) in [6.07, 6.45) is -4.73. The third-order valence-electron chi connectivity index (χ3n) is 4.29. The number of nitrogens with one attached hydrogen (secondary N) is 3. The Morgan fingerprint density at radius 3 is 2.09 bits per heavy atom. The van der Waals surface area contributed by atoms with Crippen LogP contribution in [0.4, 0.5) is 30.2 Å². The molecule has 2 rings (SSSR count). The van der Waals surface area contributed by atoms with E-state index in [0.29, 0.717) is 5.69 Å². The van der Waals surface area contributed by atoms with Gasteiger partial charge in [-0.1, -0.05) is 0 Å². The first-order valence-electron chi connectivity index (χ1n) is 9.30. The van der Waals surface area contributed by atoms with Crippen LogP contribution in [-0.4, -0.2) is 40.4 Å². The third-order valence-corrected chi connectivity index (χ3v) is 5.85. The van der Waals surface area contributed by atoms with E-state index in [2.05, 4.69) is 15.4 Å². The van der Waals surface area contributed by atoms with Gasteiger partial charge >= 0.3 is 6.18 Å². The van der Waals surface area contributed by atoms with Crippen molar-refractivity contribution in [3.63, 3.8) is 0 Å². The monoisotopic (exact) mass is 472 g/mol. The summed E-state index contributed by atoms with van der Waals surface area (Å²) in [6, 6.07) is 7.20. The average molecular weight is 472 g/mol. The van der Waals surface area contributed by atoms with Gasteiger partial charge in [0, 0.05) is 32.4 Å². The summed E-state index contributed by atoms with van der Waals surface area (Å²) in [6.45, 7) is 2.50.